The lowest BCUT2D eigenvalue weighted by Crippen LogP contribution is -2.57. The molecule has 0 atom stereocenters. The quantitative estimate of drug-likeness (QED) is 0.161. The molecule has 316 valence electrons. The van der Waals surface area contributed by atoms with Gasteiger partial charge in [-0.05, 0) is 77.7 Å². The fourth-order valence-electron chi connectivity index (χ4n) is 10.8. The lowest BCUT2D eigenvalue weighted by molar-refractivity contribution is 0.464. The third kappa shape index (κ3) is 5.35. The van der Waals surface area contributed by atoms with E-state index < -0.39 is 0 Å². The highest BCUT2D eigenvalue weighted by Gasteiger charge is 2.41. The molecule has 0 N–H and O–H groups in total. The second-order valence-corrected chi connectivity index (χ2v) is 17.6. The SMILES string of the molecule is c1ccc(-c2cc(-c3ccccc3)nc(-c3ccc4c(c3)B3c5ccccc5Oc5cc(-n6c7ccccc7c7ccc8c(nc9n(-c%10ccccc%10)c%10ccccc%10n89)c76)cc(c53)O4)n2)cc1. The highest BCUT2D eigenvalue weighted by molar-refractivity contribution is 6.98. The molecular weight excluding hydrogens is 836 g/mol. The number of para-hydroxylation sites is 5. The Kier molecular flexibility index (Phi) is 7.71. The van der Waals surface area contributed by atoms with Gasteiger partial charge in [0.25, 0.3) is 6.71 Å². The molecule has 0 radical (unpaired) electrons. The lowest BCUT2D eigenvalue weighted by Gasteiger charge is -2.33. The zero-order valence-electron chi connectivity index (χ0n) is 36.3. The van der Waals surface area contributed by atoms with Crippen molar-refractivity contribution in [2.45, 2.75) is 0 Å². The van der Waals surface area contributed by atoms with Crippen LogP contribution in [0.1, 0.15) is 0 Å². The third-order valence-corrected chi connectivity index (χ3v) is 13.8. The zero-order chi connectivity index (χ0) is 44.5. The highest BCUT2D eigenvalue weighted by Crippen LogP contribution is 2.42. The van der Waals surface area contributed by atoms with Gasteiger partial charge in [0, 0.05) is 50.7 Å². The normalized spacial score (nSPS) is 12.6. The number of aromatic nitrogens is 6. The minimum Gasteiger partial charge on any atom is -0.458 e. The van der Waals surface area contributed by atoms with Crippen LogP contribution in [0.3, 0.4) is 0 Å². The van der Waals surface area contributed by atoms with E-state index in [-0.39, 0.29) is 6.71 Å². The Labute approximate surface area is 389 Å². The van der Waals surface area contributed by atoms with E-state index >= 15 is 0 Å². The summed E-state index contributed by atoms with van der Waals surface area (Å²) in [5, 5.41) is 2.26. The van der Waals surface area contributed by atoms with Crippen LogP contribution in [0.2, 0.25) is 0 Å². The van der Waals surface area contributed by atoms with Crippen LogP contribution in [0.4, 0.5) is 0 Å². The molecule has 2 aliphatic heterocycles. The molecule has 4 aromatic heterocycles. The van der Waals surface area contributed by atoms with Gasteiger partial charge in [0.15, 0.2) is 5.82 Å². The number of imidazole rings is 2. The Balaban J connectivity index is 0.937. The number of hydrogen-bond acceptors (Lipinski definition) is 5. The predicted octanol–water partition coefficient (Wildman–Crippen LogP) is 12.0. The summed E-state index contributed by atoms with van der Waals surface area (Å²) < 4.78 is 20.9. The fraction of sp³-hybridized carbons (Fsp3) is 0. The van der Waals surface area contributed by atoms with E-state index in [1.165, 1.54) is 0 Å². The smallest absolute Gasteiger partial charge is 0.260 e. The number of hydrogen-bond donors (Lipinski definition) is 0. The van der Waals surface area contributed by atoms with Gasteiger partial charge in [0.05, 0.1) is 44.7 Å². The molecule has 9 aromatic carbocycles. The van der Waals surface area contributed by atoms with Crippen LogP contribution in [0.25, 0.3) is 94.9 Å². The summed E-state index contributed by atoms with van der Waals surface area (Å²) in [6.45, 7) is -0.168. The molecule has 0 saturated carbocycles. The summed E-state index contributed by atoms with van der Waals surface area (Å²) in [7, 11) is 0. The van der Waals surface area contributed by atoms with Crippen molar-refractivity contribution < 1.29 is 9.47 Å². The Bertz CT molecular complexity index is 4140. The molecule has 8 nitrogen and oxygen atoms in total. The van der Waals surface area contributed by atoms with Gasteiger partial charge in [0.2, 0.25) is 5.78 Å². The Morgan fingerprint density at radius 2 is 1.00 bits per heavy atom. The lowest BCUT2D eigenvalue weighted by atomic mass is 9.34. The van der Waals surface area contributed by atoms with Crippen LogP contribution in [-0.4, -0.2) is 35.2 Å². The summed E-state index contributed by atoms with van der Waals surface area (Å²) in [5.41, 5.74) is 16.0. The monoisotopic (exact) mass is 870 g/mol. The highest BCUT2D eigenvalue weighted by atomic mass is 16.5. The van der Waals surface area contributed by atoms with E-state index in [1.54, 1.807) is 0 Å². The Hall–Kier alpha value is -9.21. The number of fused-ring (bicyclic) bond motifs is 13. The van der Waals surface area contributed by atoms with Crippen LogP contribution in [-0.2, 0) is 0 Å². The number of benzene rings is 9. The summed E-state index contributed by atoms with van der Waals surface area (Å²) in [5.74, 6) is 4.60. The van der Waals surface area contributed by atoms with Crippen molar-refractivity contribution >= 4 is 72.8 Å². The summed E-state index contributed by atoms with van der Waals surface area (Å²) in [6.07, 6.45) is 0. The number of ether oxygens (including phenoxy) is 2. The van der Waals surface area contributed by atoms with Crippen molar-refractivity contribution in [3.63, 3.8) is 0 Å². The van der Waals surface area contributed by atoms with Crippen molar-refractivity contribution in [3.05, 3.63) is 212 Å². The average Bonchev–Trinajstić information content (AvgIpc) is 4.06. The molecule has 2 aliphatic rings. The van der Waals surface area contributed by atoms with E-state index in [2.05, 4.69) is 183 Å². The van der Waals surface area contributed by atoms with Gasteiger partial charge in [-0.25, -0.2) is 15.0 Å². The van der Waals surface area contributed by atoms with Crippen molar-refractivity contribution in [1.82, 2.24) is 28.5 Å². The van der Waals surface area contributed by atoms with Crippen molar-refractivity contribution in [3.8, 4) is 68.3 Å². The van der Waals surface area contributed by atoms with Crippen molar-refractivity contribution in [1.29, 1.82) is 0 Å². The summed E-state index contributed by atoms with van der Waals surface area (Å²) >= 11 is 0. The molecule has 0 amide bonds. The van der Waals surface area contributed by atoms with Gasteiger partial charge in [-0.2, -0.15) is 0 Å². The minimum atomic E-state index is -0.168. The molecule has 15 rings (SSSR count). The zero-order valence-corrected chi connectivity index (χ0v) is 36.3. The number of rotatable bonds is 5. The summed E-state index contributed by atoms with van der Waals surface area (Å²) in [4.78, 5) is 15.9. The van der Waals surface area contributed by atoms with E-state index in [9.17, 15) is 0 Å². The molecule has 0 fully saturated rings. The molecule has 6 heterocycles. The van der Waals surface area contributed by atoms with Crippen LogP contribution < -0.4 is 25.9 Å². The van der Waals surface area contributed by atoms with Gasteiger partial charge in [-0.1, -0.05) is 133 Å². The standard InChI is InChI=1S/C59H35BN6O2/c1-4-16-36(17-5-1)45-35-46(37-18-6-2-7-19-37)62-58(61-45)38-28-31-52-44(32-38)60-43-23-11-15-27-51(43)67-53-33-40(34-54(68-52)55(53)60)64-47-24-12-10-22-41(47)42-29-30-50-56(57(42)64)63-59-65(39-20-8-3-9-21-39)48-25-13-14-26-49(48)66(50)59/h1-35H. The molecule has 0 unspecified atom stereocenters. The first-order chi connectivity index (χ1) is 33.7. The van der Waals surface area contributed by atoms with Gasteiger partial charge in [-0.3, -0.25) is 8.97 Å². The van der Waals surface area contributed by atoms with E-state index in [4.69, 9.17) is 24.4 Å². The Morgan fingerprint density at radius 1 is 0.382 bits per heavy atom. The van der Waals surface area contributed by atoms with Gasteiger partial charge < -0.3 is 14.0 Å². The molecule has 0 spiro atoms. The maximum Gasteiger partial charge on any atom is 0.260 e. The van der Waals surface area contributed by atoms with Crippen LogP contribution >= 0.6 is 0 Å². The first-order valence-electron chi connectivity index (χ1n) is 22.9. The molecule has 0 aliphatic carbocycles. The van der Waals surface area contributed by atoms with Crippen molar-refractivity contribution in [2.24, 2.45) is 0 Å². The minimum absolute atomic E-state index is 0.168. The van der Waals surface area contributed by atoms with Crippen LogP contribution in [0.15, 0.2) is 212 Å². The second kappa shape index (κ2) is 14.1. The van der Waals surface area contributed by atoms with Gasteiger partial charge in [-0.15, -0.1) is 0 Å². The number of nitrogens with zero attached hydrogens (tertiary/aromatic N) is 6. The van der Waals surface area contributed by atoms with Crippen LogP contribution in [0.5, 0.6) is 23.0 Å². The van der Waals surface area contributed by atoms with E-state index in [1.807, 2.05) is 42.5 Å². The fourth-order valence-corrected chi connectivity index (χ4v) is 10.8. The predicted molar refractivity (Wildman–Crippen MR) is 273 cm³/mol. The molecule has 0 bridgehead atoms. The van der Waals surface area contributed by atoms with E-state index in [0.717, 1.165) is 128 Å². The van der Waals surface area contributed by atoms with Gasteiger partial charge >= 0.3 is 0 Å². The van der Waals surface area contributed by atoms with Crippen LogP contribution in [0, 0.1) is 0 Å². The molecule has 9 heteroatoms. The Morgan fingerprint density at radius 3 is 1.74 bits per heavy atom. The van der Waals surface area contributed by atoms with E-state index in [0.29, 0.717) is 5.82 Å². The molecular formula is C59H35BN6O2. The maximum atomic E-state index is 7.06. The largest absolute Gasteiger partial charge is 0.458 e. The second-order valence-electron chi connectivity index (χ2n) is 17.6. The third-order valence-electron chi connectivity index (χ3n) is 13.8. The first-order valence-corrected chi connectivity index (χ1v) is 22.9. The first kappa shape index (κ1) is 37.1. The topological polar surface area (TPSA) is 71.4 Å². The molecule has 13 aromatic rings. The van der Waals surface area contributed by atoms with Gasteiger partial charge in [0.1, 0.15) is 28.5 Å². The maximum absolute atomic E-state index is 7.06. The van der Waals surface area contributed by atoms with Crippen molar-refractivity contribution in [2.75, 3.05) is 0 Å². The molecule has 0 saturated heterocycles. The summed E-state index contributed by atoms with van der Waals surface area (Å²) in [6, 6.07) is 73.8. The average molecular weight is 871 g/mol. The molecule has 68 heavy (non-hydrogen) atoms.